The zero-order valence-electron chi connectivity index (χ0n) is 15.2. The molecule has 0 radical (unpaired) electrons. The lowest BCUT2D eigenvalue weighted by Gasteiger charge is -2.32. The fraction of sp³-hybridized carbons (Fsp3) is 0.471. The third-order valence-corrected chi connectivity index (χ3v) is 4.56. The Bertz CT molecular complexity index is 921. The molecule has 1 saturated heterocycles. The van der Waals surface area contributed by atoms with Crippen molar-refractivity contribution in [2.45, 2.75) is 24.8 Å². The molecule has 0 saturated carbocycles. The topological polar surface area (TPSA) is 83.3 Å². The summed E-state index contributed by atoms with van der Waals surface area (Å²) < 4.78 is 53.0. The summed E-state index contributed by atoms with van der Waals surface area (Å²) in [5, 5.41) is 20.5. The van der Waals surface area contributed by atoms with E-state index >= 15 is 0 Å². The van der Waals surface area contributed by atoms with Crippen LogP contribution >= 0.6 is 0 Å². The maximum absolute atomic E-state index is 13.7. The summed E-state index contributed by atoms with van der Waals surface area (Å²) in [6, 6.07) is 2.04. The van der Waals surface area contributed by atoms with E-state index in [0.29, 0.717) is 19.2 Å². The van der Waals surface area contributed by atoms with Crippen molar-refractivity contribution in [2.24, 2.45) is 7.05 Å². The van der Waals surface area contributed by atoms with Crippen LogP contribution in [0.4, 0.5) is 23.4 Å². The second-order valence-electron chi connectivity index (χ2n) is 6.86. The van der Waals surface area contributed by atoms with Crippen LogP contribution in [0.5, 0.6) is 5.75 Å². The Balaban J connectivity index is 1.89. The van der Waals surface area contributed by atoms with Crippen molar-refractivity contribution < 1.29 is 22.7 Å². The van der Waals surface area contributed by atoms with Gasteiger partial charge in [0.05, 0.1) is 11.1 Å². The number of hydrogen-bond acceptors (Lipinski definition) is 6. The van der Waals surface area contributed by atoms with E-state index in [1.54, 1.807) is 11.9 Å². The highest BCUT2D eigenvalue weighted by molar-refractivity contribution is 5.65. The van der Waals surface area contributed by atoms with Gasteiger partial charge in [-0.1, -0.05) is 0 Å². The lowest BCUT2D eigenvalue weighted by molar-refractivity contribution is -0.137. The second-order valence-corrected chi connectivity index (χ2v) is 6.86. The van der Waals surface area contributed by atoms with E-state index in [4.69, 9.17) is 0 Å². The Morgan fingerprint density at radius 3 is 2.54 bits per heavy atom. The number of aromatic nitrogens is 3. The first kappa shape index (κ1) is 20.1. The molecule has 0 spiro atoms. The van der Waals surface area contributed by atoms with E-state index in [-0.39, 0.29) is 29.7 Å². The molecular weight excluding hydrogens is 382 g/mol. The van der Waals surface area contributed by atoms with E-state index in [2.05, 4.69) is 15.5 Å². The van der Waals surface area contributed by atoms with Gasteiger partial charge in [-0.2, -0.15) is 13.2 Å². The Hall–Kier alpha value is -2.69. The third-order valence-electron chi connectivity index (χ3n) is 4.56. The number of likely N-dealkylation sites (N-methyl/N-ethyl adjacent to an activating group) is 1. The predicted octanol–water partition coefficient (Wildman–Crippen LogP) is 2.02. The van der Waals surface area contributed by atoms with Crippen LogP contribution < -0.4 is 10.9 Å². The van der Waals surface area contributed by atoms with Crippen LogP contribution in [0.2, 0.25) is 0 Å². The quantitative estimate of drug-likeness (QED) is 0.766. The fourth-order valence-electron chi connectivity index (χ4n) is 3.23. The number of nitrogens with zero attached hydrogens (tertiary/aromatic N) is 4. The number of alkyl halides is 4. The molecule has 1 aliphatic rings. The second kappa shape index (κ2) is 7.38. The normalized spacial score (nSPS) is 20.9. The van der Waals surface area contributed by atoms with Crippen LogP contribution in [-0.2, 0) is 13.2 Å². The van der Waals surface area contributed by atoms with Crippen molar-refractivity contribution in [1.29, 1.82) is 0 Å². The minimum atomic E-state index is -4.61. The minimum Gasteiger partial charge on any atom is -0.507 e. The molecule has 1 aliphatic heterocycles. The maximum atomic E-state index is 13.7. The zero-order valence-corrected chi connectivity index (χ0v) is 15.2. The molecule has 7 nitrogen and oxygen atoms in total. The van der Waals surface area contributed by atoms with Crippen molar-refractivity contribution in [2.75, 3.05) is 25.5 Å². The van der Waals surface area contributed by atoms with E-state index in [9.17, 15) is 27.5 Å². The van der Waals surface area contributed by atoms with Crippen LogP contribution in [0.25, 0.3) is 11.4 Å². The number of nitrogens with one attached hydrogen (secondary N) is 1. The van der Waals surface area contributed by atoms with Gasteiger partial charge in [0.2, 0.25) is 5.82 Å². The average Bonchev–Trinajstić information content (AvgIpc) is 2.58. The van der Waals surface area contributed by atoms with Gasteiger partial charge in [-0.05, 0) is 25.2 Å². The van der Waals surface area contributed by atoms with Gasteiger partial charge in [-0.25, -0.2) is 4.39 Å². The molecule has 1 aromatic heterocycles. The van der Waals surface area contributed by atoms with Crippen molar-refractivity contribution in [3.8, 4) is 17.1 Å². The smallest absolute Gasteiger partial charge is 0.416 e. The van der Waals surface area contributed by atoms with Gasteiger partial charge in [0.15, 0.2) is 5.82 Å². The first-order chi connectivity index (χ1) is 13.1. The molecule has 0 aliphatic carbocycles. The molecular formula is C17H19F4N5O2. The highest BCUT2D eigenvalue weighted by atomic mass is 19.4. The molecule has 0 bridgehead atoms. The van der Waals surface area contributed by atoms with E-state index < -0.39 is 29.2 Å². The van der Waals surface area contributed by atoms with Gasteiger partial charge in [0.25, 0.3) is 5.56 Å². The molecule has 1 fully saturated rings. The zero-order chi connectivity index (χ0) is 20.6. The van der Waals surface area contributed by atoms with Gasteiger partial charge >= 0.3 is 6.18 Å². The number of rotatable bonds is 3. The first-order valence-electron chi connectivity index (χ1n) is 8.49. The molecule has 0 amide bonds. The number of likely N-dealkylation sites (tertiary alicyclic amines) is 1. The summed E-state index contributed by atoms with van der Waals surface area (Å²) in [5.41, 5.74) is -1.67. The van der Waals surface area contributed by atoms with Gasteiger partial charge < -0.3 is 15.3 Å². The van der Waals surface area contributed by atoms with Crippen molar-refractivity contribution in [3.63, 3.8) is 0 Å². The van der Waals surface area contributed by atoms with Gasteiger partial charge in [0.1, 0.15) is 11.9 Å². The maximum Gasteiger partial charge on any atom is 0.416 e. The summed E-state index contributed by atoms with van der Waals surface area (Å²) in [4.78, 5) is 14.4. The predicted molar refractivity (Wildman–Crippen MR) is 93.8 cm³/mol. The Labute approximate surface area is 157 Å². The summed E-state index contributed by atoms with van der Waals surface area (Å²) in [7, 11) is 3.13. The van der Waals surface area contributed by atoms with Crippen LogP contribution in [-0.4, -0.2) is 57.1 Å². The van der Waals surface area contributed by atoms with E-state index in [1.165, 1.54) is 7.05 Å². The lowest BCUT2D eigenvalue weighted by Crippen LogP contribution is -2.46. The SMILES string of the molecule is CN1CC(Nc2nnc(-c3ccc(C(F)(F)F)cc3O)n(C)c2=O)C[C@H](F)C1. The van der Waals surface area contributed by atoms with Crippen molar-refractivity contribution >= 4 is 5.82 Å². The number of phenolic OH excluding ortho intramolecular Hbond substituents is 1. The molecule has 2 atom stereocenters. The van der Waals surface area contributed by atoms with Gasteiger partial charge in [-0.3, -0.25) is 9.36 Å². The molecule has 11 heteroatoms. The standard InChI is InChI=1S/C17H19F4N5O2/c1-25-7-10(18)6-11(8-25)22-14-16(28)26(2)15(24-23-14)12-4-3-9(5-13(12)27)17(19,20)21/h3-5,10-11,27H,6-8H2,1-2H3,(H,22,23)/t10-,11?/m0/s1. The highest BCUT2D eigenvalue weighted by Gasteiger charge is 2.31. The lowest BCUT2D eigenvalue weighted by atomic mass is 10.1. The molecule has 2 N–H and O–H groups in total. The Kier molecular flexibility index (Phi) is 5.28. The number of phenols is 1. The van der Waals surface area contributed by atoms with Crippen LogP contribution in [0, 0.1) is 0 Å². The van der Waals surface area contributed by atoms with Crippen LogP contribution in [0.3, 0.4) is 0 Å². The van der Waals surface area contributed by atoms with E-state index in [0.717, 1.165) is 16.7 Å². The molecule has 3 rings (SSSR count). The number of anilines is 1. The van der Waals surface area contributed by atoms with Crippen LogP contribution in [0.1, 0.15) is 12.0 Å². The molecule has 28 heavy (non-hydrogen) atoms. The molecule has 1 aromatic carbocycles. The number of piperidine rings is 1. The highest BCUT2D eigenvalue weighted by Crippen LogP contribution is 2.35. The minimum absolute atomic E-state index is 0.0622. The fourth-order valence-corrected chi connectivity index (χ4v) is 3.23. The first-order valence-corrected chi connectivity index (χ1v) is 8.49. The summed E-state index contributed by atoms with van der Waals surface area (Å²) >= 11 is 0. The summed E-state index contributed by atoms with van der Waals surface area (Å²) in [6.07, 6.45) is -5.42. The van der Waals surface area contributed by atoms with E-state index in [1.807, 2.05) is 0 Å². The van der Waals surface area contributed by atoms with Gasteiger partial charge in [-0.15, -0.1) is 10.2 Å². The molecule has 2 aromatic rings. The van der Waals surface area contributed by atoms with Crippen molar-refractivity contribution in [1.82, 2.24) is 19.7 Å². The average molecular weight is 401 g/mol. The largest absolute Gasteiger partial charge is 0.507 e. The Morgan fingerprint density at radius 2 is 1.93 bits per heavy atom. The number of halogens is 4. The summed E-state index contributed by atoms with van der Waals surface area (Å²) in [6.45, 7) is 0.834. The molecule has 152 valence electrons. The molecule has 1 unspecified atom stereocenters. The monoisotopic (exact) mass is 401 g/mol. The van der Waals surface area contributed by atoms with Crippen molar-refractivity contribution in [3.05, 3.63) is 34.1 Å². The summed E-state index contributed by atoms with van der Waals surface area (Å²) in [5.74, 6) is -0.856. The Morgan fingerprint density at radius 1 is 1.21 bits per heavy atom. The van der Waals surface area contributed by atoms with Gasteiger partial charge in [0, 0.05) is 32.6 Å². The number of benzene rings is 1. The molecule has 2 heterocycles. The number of aromatic hydroxyl groups is 1. The van der Waals surface area contributed by atoms with Crippen LogP contribution in [0.15, 0.2) is 23.0 Å². The third kappa shape index (κ3) is 4.08. The number of hydrogen-bond donors (Lipinski definition) is 2.